The Kier molecular flexibility index (Phi) is 4.97. The Morgan fingerprint density at radius 1 is 1.40 bits per heavy atom. The van der Waals surface area contributed by atoms with Crippen molar-refractivity contribution in [3.05, 3.63) is 28.8 Å². The van der Waals surface area contributed by atoms with Crippen LogP contribution in [0.15, 0.2) is 12.1 Å². The second-order valence-electron chi connectivity index (χ2n) is 3.86. The minimum absolute atomic E-state index is 0.0921. The Morgan fingerprint density at radius 2 is 2.05 bits per heavy atom. The molecule has 4 nitrogen and oxygen atoms in total. The van der Waals surface area contributed by atoms with Crippen LogP contribution < -0.4 is 4.74 Å². The van der Waals surface area contributed by atoms with E-state index >= 15 is 0 Å². The molecule has 0 amide bonds. The number of nitriles is 1. The van der Waals surface area contributed by atoms with Gasteiger partial charge in [0.1, 0.15) is 5.75 Å². The highest BCUT2D eigenvalue weighted by atomic mass is 19.4. The molecule has 0 spiro atoms. The zero-order valence-corrected chi connectivity index (χ0v) is 10.9. The van der Waals surface area contributed by atoms with E-state index in [9.17, 15) is 18.0 Å². The molecular formula is C13H12F3NO3. The molecule has 0 saturated heterocycles. The van der Waals surface area contributed by atoms with E-state index < -0.39 is 18.1 Å². The summed E-state index contributed by atoms with van der Waals surface area (Å²) in [6, 6.07) is 4.06. The number of carbonyl (C=O) groups excluding carboxylic acids is 1. The van der Waals surface area contributed by atoms with Gasteiger partial charge in [-0.25, -0.2) is 0 Å². The summed E-state index contributed by atoms with van der Waals surface area (Å²) >= 11 is 0. The predicted molar refractivity (Wildman–Crippen MR) is 62.9 cm³/mol. The lowest BCUT2D eigenvalue weighted by molar-refractivity contribution is -0.274. The molecule has 1 aromatic rings. The minimum atomic E-state index is -4.83. The van der Waals surface area contributed by atoms with Crippen LogP contribution in [0.1, 0.15) is 23.6 Å². The first-order valence-electron chi connectivity index (χ1n) is 5.72. The van der Waals surface area contributed by atoms with Gasteiger partial charge in [0.2, 0.25) is 0 Å². The summed E-state index contributed by atoms with van der Waals surface area (Å²) in [6.07, 6.45) is -5.11. The van der Waals surface area contributed by atoms with Gasteiger partial charge in [0.05, 0.1) is 24.7 Å². The fourth-order valence-corrected chi connectivity index (χ4v) is 1.66. The van der Waals surface area contributed by atoms with Crippen LogP contribution in [0.3, 0.4) is 0 Å². The van der Waals surface area contributed by atoms with Crippen LogP contribution in [-0.4, -0.2) is 18.9 Å². The summed E-state index contributed by atoms with van der Waals surface area (Å²) in [5.41, 5.74) is 0.382. The van der Waals surface area contributed by atoms with Crippen LogP contribution in [0.25, 0.3) is 0 Å². The number of nitrogens with zero attached hydrogens (tertiary/aromatic N) is 1. The molecule has 1 aromatic carbocycles. The van der Waals surface area contributed by atoms with Gasteiger partial charge >= 0.3 is 12.3 Å². The molecule has 0 heterocycles. The molecule has 20 heavy (non-hydrogen) atoms. The molecule has 0 atom stereocenters. The lowest BCUT2D eigenvalue weighted by Gasteiger charge is -2.15. The third-order valence-electron chi connectivity index (χ3n) is 2.52. The maximum atomic E-state index is 12.2. The maximum Gasteiger partial charge on any atom is 0.573 e. The second-order valence-corrected chi connectivity index (χ2v) is 3.86. The number of halogens is 3. The first-order chi connectivity index (χ1) is 9.28. The van der Waals surface area contributed by atoms with Crippen molar-refractivity contribution in [2.75, 3.05) is 6.61 Å². The van der Waals surface area contributed by atoms with Gasteiger partial charge in [0.25, 0.3) is 0 Å². The van der Waals surface area contributed by atoms with E-state index in [1.165, 1.54) is 13.0 Å². The molecule has 1 rings (SSSR count). The monoisotopic (exact) mass is 287 g/mol. The van der Waals surface area contributed by atoms with Crippen molar-refractivity contribution in [1.82, 2.24) is 0 Å². The van der Waals surface area contributed by atoms with Crippen LogP contribution in [0.4, 0.5) is 13.2 Å². The van der Waals surface area contributed by atoms with Gasteiger partial charge in [-0.2, -0.15) is 5.26 Å². The highest BCUT2D eigenvalue weighted by Crippen LogP contribution is 2.30. The van der Waals surface area contributed by atoms with Gasteiger partial charge in [-0.1, -0.05) is 0 Å². The van der Waals surface area contributed by atoms with E-state index in [2.05, 4.69) is 4.74 Å². The molecule has 0 N–H and O–H groups in total. The average molecular weight is 287 g/mol. The van der Waals surface area contributed by atoms with Crippen LogP contribution in [0.5, 0.6) is 5.75 Å². The number of esters is 1. The number of alkyl halides is 3. The van der Waals surface area contributed by atoms with E-state index in [1.54, 1.807) is 6.92 Å². The van der Waals surface area contributed by atoms with Crippen molar-refractivity contribution in [3.8, 4) is 11.8 Å². The highest BCUT2D eigenvalue weighted by Gasteiger charge is 2.32. The fourth-order valence-electron chi connectivity index (χ4n) is 1.66. The zero-order chi connectivity index (χ0) is 15.3. The van der Waals surface area contributed by atoms with E-state index in [-0.39, 0.29) is 29.7 Å². The van der Waals surface area contributed by atoms with Crippen molar-refractivity contribution in [2.45, 2.75) is 26.6 Å². The molecule has 0 unspecified atom stereocenters. The third-order valence-corrected chi connectivity index (χ3v) is 2.52. The van der Waals surface area contributed by atoms with Crippen LogP contribution in [0.2, 0.25) is 0 Å². The average Bonchev–Trinajstić information content (AvgIpc) is 2.33. The van der Waals surface area contributed by atoms with E-state index in [0.29, 0.717) is 0 Å². The first kappa shape index (κ1) is 15.8. The SMILES string of the molecule is CCOC(=O)Cc1c(C#N)ccc(OC(F)(F)F)c1C. The van der Waals surface area contributed by atoms with Crippen molar-refractivity contribution >= 4 is 5.97 Å². The first-order valence-corrected chi connectivity index (χ1v) is 5.72. The molecule has 0 saturated carbocycles. The van der Waals surface area contributed by atoms with Crippen molar-refractivity contribution < 1.29 is 27.4 Å². The number of carbonyl (C=O) groups is 1. The summed E-state index contributed by atoms with van der Waals surface area (Å²) in [5, 5.41) is 8.94. The topological polar surface area (TPSA) is 59.3 Å². The van der Waals surface area contributed by atoms with E-state index in [4.69, 9.17) is 10.00 Å². The Morgan fingerprint density at radius 3 is 2.55 bits per heavy atom. The van der Waals surface area contributed by atoms with Crippen LogP contribution in [0, 0.1) is 18.3 Å². The largest absolute Gasteiger partial charge is 0.573 e. The molecule has 0 aliphatic rings. The molecule has 0 aliphatic heterocycles. The number of hydrogen-bond acceptors (Lipinski definition) is 4. The molecular weight excluding hydrogens is 275 g/mol. The Hall–Kier alpha value is -2.23. The van der Waals surface area contributed by atoms with Crippen LogP contribution >= 0.6 is 0 Å². The van der Waals surface area contributed by atoms with E-state index in [1.807, 2.05) is 6.07 Å². The molecule has 7 heteroatoms. The summed E-state index contributed by atoms with van der Waals surface area (Å²) in [6.45, 7) is 3.12. The Bertz CT molecular complexity index is 547. The number of hydrogen-bond donors (Lipinski definition) is 0. The molecule has 0 radical (unpaired) electrons. The van der Waals surface area contributed by atoms with Gasteiger partial charge in [0, 0.05) is 0 Å². The fraction of sp³-hybridized carbons (Fsp3) is 0.385. The molecule has 108 valence electrons. The Labute approximate surface area is 113 Å². The summed E-state index contributed by atoms with van der Waals surface area (Å²) < 4.78 is 45.3. The van der Waals surface area contributed by atoms with Gasteiger partial charge < -0.3 is 9.47 Å². The predicted octanol–water partition coefficient (Wildman–Crippen LogP) is 2.87. The lowest BCUT2D eigenvalue weighted by atomic mass is 9.99. The van der Waals surface area contributed by atoms with Crippen LogP contribution in [-0.2, 0) is 16.0 Å². The lowest BCUT2D eigenvalue weighted by Crippen LogP contribution is -2.19. The summed E-state index contributed by atoms with van der Waals surface area (Å²) in [4.78, 5) is 11.4. The second kappa shape index (κ2) is 6.28. The quantitative estimate of drug-likeness (QED) is 0.799. The molecule has 0 aromatic heterocycles. The maximum absolute atomic E-state index is 12.2. The number of benzene rings is 1. The smallest absolute Gasteiger partial charge is 0.466 e. The van der Waals surface area contributed by atoms with Crippen molar-refractivity contribution in [2.24, 2.45) is 0 Å². The summed E-state index contributed by atoms with van der Waals surface area (Å²) in [5.74, 6) is -1.05. The van der Waals surface area contributed by atoms with Gasteiger partial charge in [-0.3, -0.25) is 4.79 Å². The van der Waals surface area contributed by atoms with Crippen molar-refractivity contribution in [3.63, 3.8) is 0 Å². The number of rotatable bonds is 4. The van der Waals surface area contributed by atoms with E-state index in [0.717, 1.165) is 6.07 Å². The summed E-state index contributed by atoms with van der Waals surface area (Å²) in [7, 11) is 0. The van der Waals surface area contributed by atoms with Crippen molar-refractivity contribution in [1.29, 1.82) is 5.26 Å². The minimum Gasteiger partial charge on any atom is -0.466 e. The Balaban J connectivity index is 3.16. The molecule has 0 fully saturated rings. The third kappa shape index (κ3) is 4.16. The van der Waals surface area contributed by atoms with Gasteiger partial charge in [-0.05, 0) is 37.1 Å². The zero-order valence-electron chi connectivity index (χ0n) is 10.9. The van der Waals surface area contributed by atoms with Gasteiger partial charge in [0.15, 0.2) is 0 Å². The molecule has 0 aliphatic carbocycles. The number of ether oxygens (including phenoxy) is 2. The van der Waals surface area contributed by atoms with Gasteiger partial charge in [-0.15, -0.1) is 13.2 Å². The molecule has 0 bridgehead atoms. The standard InChI is InChI=1S/C13H12F3NO3/c1-3-19-12(18)6-10-8(2)11(20-13(14,15)16)5-4-9(10)7-17/h4-5H,3,6H2,1-2H3. The normalized spacial score (nSPS) is 10.8. The highest BCUT2D eigenvalue weighted by molar-refractivity contribution is 5.74.